The van der Waals surface area contributed by atoms with Crippen molar-refractivity contribution in [1.29, 1.82) is 0 Å². The Hall–Kier alpha value is -1.42. The van der Waals surface area contributed by atoms with Crippen LogP contribution < -0.4 is 11.1 Å². The Morgan fingerprint density at radius 3 is 2.81 bits per heavy atom. The van der Waals surface area contributed by atoms with Crippen molar-refractivity contribution < 1.29 is 9.18 Å². The van der Waals surface area contributed by atoms with Gasteiger partial charge in [-0.15, -0.1) is 0 Å². The number of halogens is 1. The summed E-state index contributed by atoms with van der Waals surface area (Å²) in [5, 5.41) is 2.51. The summed E-state index contributed by atoms with van der Waals surface area (Å²) in [6.45, 7) is 3.26. The van der Waals surface area contributed by atoms with Crippen molar-refractivity contribution in [3.63, 3.8) is 0 Å². The second kappa shape index (κ2) is 5.61. The van der Waals surface area contributed by atoms with E-state index in [1.54, 1.807) is 12.1 Å². The first-order valence-electron chi connectivity index (χ1n) is 5.31. The van der Waals surface area contributed by atoms with Crippen molar-refractivity contribution in [2.24, 2.45) is 5.73 Å². The molecule has 1 aromatic rings. The molecule has 0 aliphatic carbocycles. The van der Waals surface area contributed by atoms with E-state index in [2.05, 4.69) is 5.32 Å². The van der Waals surface area contributed by atoms with Crippen molar-refractivity contribution in [3.8, 4) is 0 Å². The van der Waals surface area contributed by atoms with E-state index in [1.807, 2.05) is 6.92 Å². The minimum Gasteiger partial charge on any atom is -0.328 e. The topological polar surface area (TPSA) is 55.1 Å². The van der Waals surface area contributed by atoms with Crippen LogP contribution in [0.3, 0.4) is 0 Å². The smallest absolute Gasteiger partial charge is 0.221 e. The van der Waals surface area contributed by atoms with E-state index >= 15 is 0 Å². The van der Waals surface area contributed by atoms with Gasteiger partial charge in [0.1, 0.15) is 5.82 Å². The fraction of sp³-hybridized carbons (Fsp3) is 0.417. The molecule has 3 N–H and O–H groups in total. The monoisotopic (exact) mass is 224 g/mol. The average Bonchev–Trinajstić information content (AvgIpc) is 2.18. The first-order valence-corrected chi connectivity index (χ1v) is 5.31. The van der Waals surface area contributed by atoms with Crippen LogP contribution in [0.15, 0.2) is 18.2 Å². The van der Waals surface area contributed by atoms with E-state index in [-0.39, 0.29) is 17.6 Å². The second-order valence-corrected chi connectivity index (χ2v) is 3.97. The van der Waals surface area contributed by atoms with Gasteiger partial charge in [-0.1, -0.05) is 12.1 Å². The molecular formula is C12H17FN2O. The zero-order valence-electron chi connectivity index (χ0n) is 9.59. The summed E-state index contributed by atoms with van der Waals surface area (Å²) in [4.78, 5) is 11.0. The maximum atomic E-state index is 13.5. The lowest BCUT2D eigenvalue weighted by Gasteiger charge is -2.12. The third-order valence-corrected chi connectivity index (χ3v) is 2.27. The number of amides is 1. The summed E-state index contributed by atoms with van der Waals surface area (Å²) in [5.74, 6) is -0.676. The molecule has 0 saturated heterocycles. The SMILES string of the molecule is CC(=O)Nc1c(F)cccc1CCC(C)N. The van der Waals surface area contributed by atoms with Gasteiger partial charge in [0.15, 0.2) is 0 Å². The number of hydrogen-bond donors (Lipinski definition) is 2. The molecule has 4 heteroatoms. The molecule has 3 nitrogen and oxygen atoms in total. The fourth-order valence-electron chi connectivity index (χ4n) is 1.48. The van der Waals surface area contributed by atoms with Gasteiger partial charge >= 0.3 is 0 Å². The summed E-state index contributed by atoms with van der Waals surface area (Å²) in [6, 6.07) is 4.84. The number of rotatable bonds is 4. The van der Waals surface area contributed by atoms with Crippen molar-refractivity contribution in [2.75, 3.05) is 5.32 Å². The van der Waals surface area contributed by atoms with Gasteiger partial charge in [0.25, 0.3) is 0 Å². The first kappa shape index (κ1) is 12.6. The number of carbonyl (C=O) groups excluding carboxylic acids is 1. The first-order chi connectivity index (χ1) is 7.50. The molecular weight excluding hydrogens is 207 g/mol. The van der Waals surface area contributed by atoms with E-state index in [9.17, 15) is 9.18 Å². The number of para-hydroxylation sites is 1. The van der Waals surface area contributed by atoms with Gasteiger partial charge in [-0.3, -0.25) is 4.79 Å². The van der Waals surface area contributed by atoms with Gasteiger partial charge in [0.05, 0.1) is 5.69 Å². The fourth-order valence-corrected chi connectivity index (χ4v) is 1.48. The molecule has 1 unspecified atom stereocenters. The van der Waals surface area contributed by atoms with Crippen LogP contribution in [-0.4, -0.2) is 11.9 Å². The summed E-state index contributed by atoms with van der Waals surface area (Å²) in [5.41, 5.74) is 6.71. The molecule has 1 atom stereocenters. The summed E-state index contributed by atoms with van der Waals surface area (Å²) >= 11 is 0. The molecule has 1 amide bonds. The summed E-state index contributed by atoms with van der Waals surface area (Å²) in [6.07, 6.45) is 1.42. The molecule has 0 radical (unpaired) electrons. The van der Waals surface area contributed by atoms with E-state index in [4.69, 9.17) is 5.73 Å². The zero-order chi connectivity index (χ0) is 12.1. The molecule has 1 rings (SSSR count). The second-order valence-electron chi connectivity index (χ2n) is 3.97. The van der Waals surface area contributed by atoms with Crippen LogP contribution in [0.4, 0.5) is 10.1 Å². The Morgan fingerprint density at radius 1 is 1.56 bits per heavy atom. The highest BCUT2D eigenvalue weighted by Crippen LogP contribution is 2.21. The normalized spacial score (nSPS) is 12.2. The predicted molar refractivity (Wildman–Crippen MR) is 62.7 cm³/mol. The van der Waals surface area contributed by atoms with Gasteiger partial charge in [0.2, 0.25) is 5.91 Å². The number of benzene rings is 1. The van der Waals surface area contributed by atoms with Crippen LogP contribution in [-0.2, 0) is 11.2 Å². The lowest BCUT2D eigenvalue weighted by atomic mass is 10.0. The Labute approximate surface area is 94.8 Å². The lowest BCUT2D eigenvalue weighted by molar-refractivity contribution is -0.114. The van der Waals surface area contributed by atoms with Crippen LogP contribution in [0.5, 0.6) is 0 Å². The number of nitrogens with one attached hydrogen (secondary N) is 1. The van der Waals surface area contributed by atoms with Gasteiger partial charge in [0, 0.05) is 13.0 Å². The number of hydrogen-bond acceptors (Lipinski definition) is 2. The highest BCUT2D eigenvalue weighted by atomic mass is 19.1. The molecule has 88 valence electrons. The summed E-state index contributed by atoms with van der Waals surface area (Å²) < 4.78 is 13.5. The van der Waals surface area contributed by atoms with Crippen molar-refractivity contribution in [2.45, 2.75) is 32.7 Å². The van der Waals surface area contributed by atoms with Gasteiger partial charge in [-0.05, 0) is 31.4 Å². The van der Waals surface area contributed by atoms with E-state index in [0.29, 0.717) is 6.42 Å². The molecule has 16 heavy (non-hydrogen) atoms. The van der Waals surface area contributed by atoms with Gasteiger partial charge < -0.3 is 11.1 Å². The van der Waals surface area contributed by atoms with Gasteiger partial charge in [-0.25, -0.2) is 4.39 Å². The molecule has 0 spiro atoms. The number of nitrogens with two attached hydrogens (primary N) is 1. The van der Waals surface area contributed by atoms with E-state index < -0.39 is 5.82 Å². The van der Waals surface area contributed by atoms with Crippen LogP contribution in [0.25, 0.3) is 0 Å². The number of anilines is 1. The Kier molecular flexibility index (Phi) is 4.43. The van der Waals surface area contributed by atoms with Crippen LogP contribution in [0, 0.1) is 5.82 Å². The summed E-state index contributed by atoms with van der Waals surface area (Å²) in [7, 11) is 0. The average molecular weight is 224 g/mol. The van der Waals surface area contributed by atoms with Crippen LogP contribution in [0.2, 0.25) is 0 Å². The van der Waals surface area contributed by atoms with Gasteiger partial charge in [-0.2, -0.15) is 0 Å². The highest BCUT2D eigenvalue weighted by Gasteiger charge is 2.09. The maximum absolute atomic E-state index is 13.5. The van der Waals surface area contributed by atoms with Crippen molar-refractivity contribution >= 4 is 11.6 Å². The number of carbonyl (C=O) groups is 1. The quantitative estimate of drug-likeness (QED) is 0.822. The molecule has 0 saturated carbocycles. The predicted octanol–water partition coefficient (Wildman–Crippen LogP) is 2.06. The zero-order valence-corrected chi connectivity index (χ0v) is 9.59. The third-order valence-electron chi connectivity index (χ3n) is 2.27. The van der Waals surface area contributed by atoms with Crippen LogP contribution >= 0.6 is 0 Å². The molecule has 0 bridgehead atoms. The van der Waals surface area contributed by atoms with E-state index in [0.717, 1.165) is 12.0 Å². The third kappa shape index (κ3) is 3.62. The Bertz CT molecular complexity index is 377. The van der Waals surface area contributed by atoms with Crippen molar-refractivity contribution in [1.82, 2.24) is 0 Å². The Balaban J connectivity index is 2.89. The van der Waals surface area contributed by atoms with Crippen molar-refractivity contribution in [3.05, 3.63) is 29.6 Å². The molecule has 0 aromatic heterocycles. The maximum Gasteiger partial charge on any atom is 0.221 e. The lowest BCUT2D eigenvalue weighted by Crippen LogP contribution is -2.16. The van der Waals surface area contributed by atoms with E-state index in [1.165, 1.54) is 13.0 Å². The Morgan fingerprint density at radius 2 is 2.25 bits per heavy atom. The molecule has 0 aliphatic rings. The van der Waals surface area contributed by atoms with Crippen LogP contribution in [0.1, 0.15) is 25.8 Å². The minimum absolute atomic E-state index is 0.0634. The minimum atomic E-state index is -0.405. The molecule has 1 aromatic carbocycles. The molecule has 0 aliphatic heterocycles. The largest absolute Gasteiger partial charge is 0.328 e. The molecule has 0 fully saturated rings. The highest BCUT2D eigenvalue weighted by molar-refractivity contribution is 5.89. The standard InChI is InChI=1S/C12H17FN2O/c1-8(14)6-7-10-4-3-5-11(13)12(10)15-9(2)16/h3-5,8H,6-7,14H2,1-2H3,(H,15,16). The molecule has 0 heterocycles. The number of aryl methyl sites for hydroxylation is 1.